The highest BCUT2D eigenvalue weighted by molar-refractivity contribution is 15.0. The van der Waals surface area contributed by atoms with Crippen LogP contribution in [0.15, 0.2) is 60.7 Å². The zero-order valence-electron chi connectivity index (χ0n) is 11.9. The van der Waals surface area contributed by atoms with Gasteiger partial charge in [-0.1, -0.05) is 71.5 Å². The van der Waals surface area contributed by atoms with Gasteiger partial charge in [0.1, 0.15) is 0 Å². The first-order valence-electron chi connectivity index (χ1n) is 6.34. The standard InChI is InChI=1S/C12H10I.2C2H6.CH4.I2/c1-3-7-11(8-4-1)13-12-9-5-2-6-10-12;2*1-2;;1-2/h1-10H;2*1-2H3;1H4;/q+1;;;;. The second kappa shape index (κ2) is 21.9. The molecule has 2 rings (SSSR count). The summed E-state index contributed by atoms with van der Waals surface area (Å²) < 4.78 is 2.96. The van der Waals surface area contributed by atoms with E-state index in [1.54, 1.807) is 0 Å². The minimum Gasteiger partial charge on any atom is -0.0776 e. The maximum Gasteiger partial charge on any atom is 0.357 e. The van der Waals surface area contributed by atoms with Crippen LogP contribution in [0.4, 0.5) is 0 Å². The van der Waals surface area contributed by atoms with Crippen molar-refractivity contribution in [3.63, 3.8) is 0 Å². The van der Waals surface area contributed by atoms with Gasteiger partial charge in [0.2, 0.25) is 0 Å². The molecule has 0 amide bonds. The van der Waals surface area contributed by atoms with Crippen molar-refractivity contribution < 1.29 is 21.2 Å². The monoisotopic (exact) mass is 611 g/mol. The quantitative estimate of drug-likeness (QED) is 0.446. The second-order valence-electron chi connectivity index (χ2n) is 2.69. The molecule has 2 aromatic carbocycles. The van der Waals surface area contributed by atoms with Gasteiger partial charge in [-0.2, -0.15) is 0 Å². The molecule has 0 saturated heterocycles. The van der Waals surface area contributed by atoms with Gasteiger partial charge in [-0.25, -0.2) is 0 Å². The SMILES string of the molecule is C.CC.CC.II.c1ccc([I+]c2ccccc2)cc1. The third-order valence-electron chi connectivity index (χ3n) is 1.68. The first kappa shape index (κ1) is 25.6. The number of halogens is 3. The van der Waals surface area contributed by atoms with Crippen LogP contribution in [0, 0.1) is 7.14 Å². The van der Waals surface area contributed by atoms with Crippen LogP contribution in [0.5, 0.6) is 0 Å². The first-order chi connectivity index (χ1) is 9.45. The maximum atomic E-state index is 2.21. The molecule has 0 fully saturated rings. The lowest BCUT2D eigenvalue weighted by Crippen LogP contribution is -3.61. The van der Waals surface area contributed by atoms with Gasteiger partial charge >= 0.3 is 21.2 Å². The highest BCUT2D eigenvalue weighted by atomic mass is 128. The molecule has 0 heterocycles. The minimum absolute atomic E-state index is 0. The second-order valence-corrected chi connectivity index (χ2v) is 5.72. The maximum absolute atomic E-state index is 2.21. The molecule has 0 aliphatic heterocycles. The molecule has 0 bridgehead atoms. The van der Waals surface area contributed by atoms with Gasteiger partial charge in [0.05, 0.1) is 0 Å². The van der Waals surface area contributed by atoms with Crippen molar-refractivity contribution in [3.05, 3.63) is 67.8 Å². The van der Waals surface area contributed by atoms with Crippen LogP contribution in [-0.4, -0.2) is 0 Å². The number of benzene rings is 2. The Morgan fingerprint density at radius 1 is 0.600 bits per heavy atom. The first-order valence-corrected chi connectivity index (χ1v) is 14.8. The van der Waals surface area contributed by atoms with Crippen LogP contribution in [-0.2, 0) is 0 Å². The lowest BCUT2D eigenvalue weighted by atomic mass is 10.4. The summed E-state index contributed by atoms with van der Waals surface area (Å²) in [7, 11) is 0. The summed E-state index contributed by atoms with van der Waals surface area (Å²) in [5, 5.41) is 0. The molecule has 0 aliphatic carbocycles. The van der Waals surface area contributed by atoms with Gasteiger partial charge in [0.15, 0.2) is 7.14 Å². The third-order valence-corrected chi connectivity index (χ3v) is 4.37. The van der Waals surface area contributed by atoms with Crippen molar-refractivity contribution in [2.45, 2.75) is 35.1 Å². The Kier molecular flexibility index (Phi) is 28.0. The van der Waals surface area contributed by atoms with Gasteiger partial charge in [0.25, 0.3) is 0 Å². The fourth-order valence-electron chi connectivity index (χ4n) is 1.08. The van der Waals surface area contributed by atoms with E-state index in [0.717, 1.165) is 0 Å². The van der Waals surface area contributed by atoms with Gasteiger partial charge < -0.3 is 0 Å². The molecule has 0 aromatic heterocycles. The predicted octanol–water partition coefficient (Wildman–Crippen LogP) is 4.27. The van der Waals surface area contributed by atoms with Crippen molar-refractivity contribution in [3.8, 4) is 0 Å². The van der Waals surface area contributed by atoms with Crippen LogP contribution < -0.4 is 21.2 Å². The molecule has 0 unspecified atom stereocenters. The van der Waals surface area contributed by atoms with Crippen molar-refractivity contribution in [2.24, 2.45) is 0 Å². The van der Waals surface area contributed by atoms with E-state index in [1.165, 1.54) is 7.14 Å². The summed E-state index contributed by atoms with van der Waals surface area (Å²) in [5.41, 5.74) is 0. The summed E-state index contributed by atoms with van der Waals surface area (Å²) in [6, 6.07) is 21.4. The number of hydrogen-bond donors (Lipinski definition) is 0. The Morgan fingerprint density at radius 2 is 0.850 bits per heavy atom. The Bertz CT molecular complexity index is 323. The largest absolute Gasteiger partial charge is 0.357 e. The molecule has 20 heavy (non-hydrogen) atoms. The van der Waals surface area contributed by atoms with Gasteiger partial charge in [-0.05, 0) is 24.3 Å². The Hall–Kier alpha value is 0.630. The van der Waals surface area contributed by atoms with E-state index >= 15 is 0 Å². The molecule has 2 aromatic rings. The molecular weight excluding hydrogens is 585 g/mol. The molecule has 114 valence electrons. The summed E-state index contributed by atoms with van der Waals surface area (Å²) >= 11 is 4.27. The molecule has 0 atom stereocenters. The van der Waals surface area contributed by atoms with Gasteiger partial charge in [-0.15, -0.1) is 0 Å². The molecule has 0 N–H and O–H groups in total. The average molecular weight is 611 g/mol. The summed E-state index contributed by atoms with van der Waals surface area (Å²) in [6.07, 6.45) is 0. The number of hydrogen-bond acceptors (Lipinski definition) is 0. The van der Waals surface area contributed by atoms with E-state index in [4.69, 9.17) is 0 Å². The molecule has 0 radical (unpaired) electrons. The van der Waals surface area contributed by atoms with Crippen molar-refractivity contribution >= 4 is 37.2 Å². The fraction of sp³-hybridized carbons (Fsp3) is 0.294. The molecule has 0 spiro atoms. The highest BCUT2D eigenvalue weighted by Gasteiger charge is 2.12. The topological polar surface area (TPSA) is 0 Å². The van der Waals surface area contributed by atoms with Crippen molar-refractivity contribution in [2.75, 3.05) is 0 Å². The van der Waals surface area contributed by atoms with Crippen LogP contribution >= 0.6 is 37.2 Å². The molecule has 3 heteroatoms. The van der Waals surface area contributed by atoms with E-state index in [1.807, 2.05) is 27.7 Å². The van der Waals surface area contributed by atoms with E-state index in [2.05, 4.69) is 97.9 Å². The number of rotatable bonds is 2. The zero-order valence-corrected chi connectivity index (χ0v) is 18.4. The summed E-state index contributed by atoms with van der Waals surface area (Å²) in [6.45, 7) is 8.00. The smallest absolute Gasteiger partial charge is 0.0776 e. The van der Waals surface area contributed by atoms with E-state index in [0.29, 0.717) is 0 Å². The van der Waals surface area contributed by atoms with E-state index in [-0.39, 0.29) is 28.6 Å². The highest BCUT2D eigenvalue weighted by Crippen LogP contribution is 1.89. The predicted molar refractivity (Wildman–Crippen MR) is 108 cm³/mol. The van der Waals surface area contributed by atoms with E-state index < -0.39 is 0 Å². The van der Waals surface area contributed by atoms with Crippen molar-refractivity contribution in [1.82, 2.24) is 0 Å². The van der Waals surface area contributed by atoms with Crippen LogP contribution in [0.1, 0.15) is 35.1 Å². The Morgan fingerprint density at radius 3 is 1.10 bits per heavy atom. The van der Waals surface area contributed by atoms with Gasteiger partial charge in [-0.3, -0.25) is 0 Å². The Labute approximate surface area is 159 Å². The van der Waals surface area contributed by atoms with Crippen LogP contribution in [0.25, 0.3) is 0 Å². The van der Waals surface area contributed by atoms with Gasteiger partial charge in [0, 0.05) is 37.2 Å². The van der Waals surface area contributed by atoms with E-state index in [9.17, 15) is 0 Å². The minimum atomic E-state index is 0. The Balaban J connectivity index is -0.000000368. The fourth-order valence-corrected chi connectivity index (χ4v) is 3.35. The lowest BCUT2D eigenvalue weighted by Gasteiger charge is -1.84. The van der Waals surface area contributed by atoms with Crippen molar-refractivity contribution in [1.29, 1.82) is 0 Å². The lowest BCUT2D eigenvalue weighted by molar-refractivity contribution is -0.597. The summed E-state index contributed by atoms with van der Waals surface area (Å²) in [4.78, 5) is 0. The average Bonchev–Trinajstić information content (AvgIpc) is 2.55. The van der Waals surface area contributed by atoms with Crippen LogP contribution in [0.3, 0.4) is 0 Å². The molecule has 0 nitrogen and oxygen atoms in total. The van der Waals surface area contributed by atoms with Crippen LogP contribution in [0.2, 0.25) is 0 Å². The summed E-state index contributed by atoms with van der Waals surface area (Å²) in [5.74, 6) is 0. The third kappa shape index (κ3) is 13.6. The molecular formula is C17H26I3+. The molecule has 0 aliphatic rings. The zero-order chi connectivity index (χ0) is 14.9. The normalized spacial score (nSPS) is 7.30. The molecule has 0 saturated carbocycles.